The van der Waals surface area contributed by atoms with E-state index in [9.17, 15) is 4.53 Å². The second-order valence-corrected chi connectivity index (χ2v) is 1.55. The van der Waals surface area contributed by atoms with Gasteiger partial charge in [0.2, 0.25) is 0 Å². The minimum absolute atomic E-state index is 1.16. The van der Waals surface area contributed by atoms with Crippen LogP contribution in [0.5, 0.6) is 0 Å². The summed E-state index contributed by atoms with van der Waals surface area (Å²) in [7, 11) is -1.02. The third-order valence-electron chi connectivity index (χ3n) is 0.248. The average Bonchev–Trinajstić information content (AvgIpc) is 1.68. The first-order valence-corrected chi connectivity index (χ1v) is 2.42. The zero-order valence-electron chi connectivity index (χ0n) is 3.50. The van der Waals surface area contributed by atoms with Gasteiger partial charge in [0, 0.05) is 7.11 Å². The fourth-order valence-corrected chi connectivity index (χ4v) is 0.164. The second kappa shape index (κ2) is 4.36. The van der Waals surface area contributed by atoms with Crippen LogP contribution in [0.4, 0.5) is 4.53 Å². The standard InChI is InChI=1S/CH4FO4P/c1-4-7(3)6-5-2/h3H,1H3. The lowest BCUT2D eigenvalue weighted by atomic mass is 11.8. The van der Waals surface area contributed by atoms with Crippen LogP contribution in [-0.2, 0) is 14.3 Å². The van der Waals surface area contributed by atoms with E-state index in [-0.39, 0.29) is 0 Å². The highest BCUT2D eigenvalue weighted by Gasteiger charge is 2.02. The van der Waals surface area contributed by atoms with Gasteiger partial charge in [0.15, 0.2) is 0 Å². The highest BCUT2D eigenvalue weighted by molar-refractivity contribution is 7.40. The van der Waals surface area contributed by atoms with Gasteiger partial charge in [0.25, 0.3) is 0 Å². The van der Waals surface area contributed by atoms with Crippen molar-refractivity contribution in [3.05, 3.63) is 0 Å². The van der Waals surface area contributed by atoms with Crippen molar-refractivity contribution in [3.8, 4) is 0 Å². The van der Waals surface area contributed by atoms with Crippen LogP contribution in [0.25, 0.3) is 0 Å². The summed E-state index contributed by atoms with van der Waals surface area (Å²) in [5.74, 6) is 0. The van der Waals surface area contributed by atoms with Crippen LogP contribution < -0.4 is 0 Å². The summed E-state index contributed by atoms with van der Waals surface area (Å²) in [6.07, 6.45) is 0. The van der Waals surface area contributed by atoms with E-state index in [1.807, 2.05) is 0 Å². The molecular formula is CH4FO4P. The van der Waals surface area contributed by atoms with Gasteiger partial charge >= 0.3 is 8.60 Å². The quantitative estimate of drug-likeness (QED) is 0.346. The Morgan fingerprint density at radius 1 is 1.71 bits per heavy atom. The van der Waals surface area contributed by atoms with Crippen molar-refractivity contribution in [2.45, 2.75) is 0 Å². The third-order valence-corrected chi connectivity index (χ3v) is 0.744. The summed E-state index contributed by atoms with van der Waals surface area (Å²) in [6, 6.07) is 0. The number of rotatable bonds is 3. The predicted octanol–water partition coefficient (Wildman–Crippen LogP) is 0.685. The van der Waals surface area contributed by atoms with Gasteiger partial charge in [-0.2, -0.15) is 0 Å². The van der Waals surface area contributed by atoms with Crippen molar-refractivity contribution < 1.29 is 23.7 Å². The van der Waals surface area contributed by atoms with Gasteiger partial charge in [-0.05, 0) is 9.62 Å². The van der Waals surface area contributed by atoms with Crippen LogP contribution in [0.1, 0.15) is 0 Å². The fraction of sp³-hybridized carbons (Fsp3) is 1.00. The van der Waals surface area contributed by atoms with Gasteiger partial charge in [-0.15, -0.1) is 4.67 Å². The average molecular weight is 130 g/mol. The molecule has 0 aliphatic rings. The molecule has 0 aromatic heterocycles. The lowest BCUT2D eigenvalue weighted by Gasteiger charge is -1.97. The summed E-state index contributed by atoms with van der Waals surface area (Å²) < 4.78 is 17.9. The Bertz CT molecular complexity index is 42.7. The van der Waals surface area contributed by atoms with Gasteiger partial charge in [-0.25, -0.2) is 0 Å². The van der Waals surface area contributed by atoms with Crippen LogP contribution in [0.2, 0.25) is 0 Å². The monoisotopic (exact) mass is 130 g/mol. The Balaban J connectivity index is 2.83. The van der Waals surface area contributed by atoms with Crippen LogP contribution in [0, 0.1) is 0 Å². The molecule has 0 amide bonds. The lowest BCUT2D eigenvalue weighted by molar-refractivity contribution is -0.372. The second-order valence-electron chi connectivity index (χ2n) is 0.558. The molecule has 4 nitrogen and oxygen atoms in total. The Morgan fingerprint density at radius 2 is 2.29 bits per heavy atom. The van der Waals surface area contributed by atoms with Gasteiger partial charge in [0.05, 0.1) is 0 Å². The van der Waals surface area contributed by atoms with Crippen molar-refractivity contribution in [1.82, 2.24) is 0 Å². The maximum absolute atomic E-state index is 10.5. The highest BCUT2D eigenvalue weighted by atomic mass is 31.2. The molecule has 0 aromatic rings. The van der Waals surface area contributed by atoms with Crippen LogP contribution in [-0.4, -0.2) is 12.0 Å². The first-order valence-electron chi connectivity index (χ1n) is 1.29. The number of halogens is 1. The molecule has 0 rings (SSSR count). The third kappa shape index (κ3) is 4.04. The Hall–Kier alpha value is 0.200. The molecule has 0 fully saturated rings. The number of hydrogen-bond donors (Lipinski definition) is 1. The predicted molar refractivity (Wildman–Crippen MR) is 19.4 cm³/mol. The molecule has 6 heteroatoms. The SMILES string of the molecule is COP(O)OOF. The summed E-state index contributed by atoms with van der Waals surface area (Å²) >= 11 is 0. The minimum atomic E-state index is -2.18. The van der Waals surface area contributed by atoms with Crippen molar-refractivity contribution in [2.24, 2.45) is 0 Å². The molecule has 0 bridgehead atoms. The Labute approximate surface area is 40.6 Å². The molecule has 0 heterocycles. The fourth-order valence-electron chi connectivity index (χ4n) is 0.0545. The maximum Gasteiger partial charge on any atom is 0.363 e. The molecule has 1 atom stereocenters. The van der Waals surface area contributed by atoms with E-state index < -0.39 is 8.60 Å². The van der Waals surface area contributed by atoms with E-state index in [4.69, 9.17) is 4.89 Å². The molecule has 0 aliphatic carbocycles. The zero-order valence-corrected chi connectivity index (χ0v) is 4.39. The van der Waals surface area contributed by atoms with Crippen LogP contribution in [0.15, 0.2) is 0 Å². The van der Waals surface area contributed by atoms with Gasteiger partial charge in [-0.1, -0.05) is 0 Å². The van der Waals surface area contributed by atoms with Gasteiger partial charge < -0.3 is 9.42 Å². The minimum Gasteiger partial charge on any atom is -0.326 e. The topological polar surface area (TPSA) is 47.9 Å². The van der Waals surface area contributed by atoms with Crippen molar-refractivity contribution in [3.63, 3.8) is 0 Å². The van der Waals surface area contributed by atoms with Crippen LogP contribution in [0.3, 0.4) is 0 Å². The summed E-state index contributed by atoms with van der Waals surface area (Å²) in [5, 5.41) is 2.55. The molecule has 0 saturated heterocycles. The van der Waals surface area contributed by atoms with Crippen LogP contribution >= 0.6 is 8.60 Å². The zero-order chi connectivity index (χ0) is 5.70. The summed E-state index contributed by atoms with van der Waals surface area (Å²) in [4.78, 5) is 8.11. The Kier molecular flexibility index (Phi) is 4.49. The molecule has 0 aromatic carbocycles. The highest BCUT2D eigenvalue weighted by Crippen LogP contribution is 2.30. The van der Waals surface area contributed by atoms with E-state index in [2.05, 4.69) is 14.3 Å². The smallest absolute Gasteiger partial charge is 0.326 e. The van der Waals surface area contributed by atoms with Gasteiger partial charge in [0.1, 0.15) is 0 Å². The first kappa shape index (κ1) is 7.20. The van der Waals surface area contributed by atoms with E-state index in [0.29, 0.717) is 0 Å². The maximum atomic E-state index is 10.5. The summed E-state index contributed by atoms with van der Waals surface area (Å²) in [6.45, 7) is 0. The Morgan fingerprint density at radius 3 is 2.43 bits per heavy atom. The molecule has 7 heavy (non-hydrogen) atoms. The molecule has 0 aliphatic heterocycles. The molecule has 1 unspecified atom stereocenters. The molecule has 44 valence electrons. The molecular weight excluding hydrogens is 126 g/mol. The van der Waals surface area contributed by atoms with E-state index >= 15 is 0 Å². The normalized spacial score (nSPS) is 14.1. The van der Waals surface area contributed by atoms with E-state index in [1.165, 1.54) is 0 Å². The molecule has 0 spiro atoms. The first-order chi connectivity index (χ1) is 3.31. The molecule has 0 radical (unpaired) electrons. The lowest BCUT2D eigenvalue weighted by Crippen LogP contribution is -1.79. The molecule has 0 saturated carbocycles. The van der Waals surface area contributed by atoms with Crippen molar-refractivity contribution >= 4 is 8.60 Å². The van der Waals surface area contributed by atoms with Gasteiger partial charge in [-0.3, -0.25) is 0 Å². The largest absolute Gasteiger partial charge is 0.363 e. The summed E-state index contributed by atoms with van der Waals surface area (Å²) in [5.41, 5.74) is 0. The van der Waals surface area contributed by atoms with Crippen molar-refractivity contribution in [1.29, 1.82) is 0 Å². The van der Waals surface area contributed by atoms with Crippen molar-refractivity contribution in [2.75, 3.05) is 7.11 Å². The molecule has 1 N–H and O–H groups in total. The van der Waals surface area contributed by atoms with E-state index in [0.717, 1.165) is 7.11 Å². The van der Waals surface area contributed by atoms with E-state index in [1.54, 1.807) is 0 Å². The number of hydrogen-bond acceptors (Lipinski definition) is 4.